The maximum absolute atomic E-state index is 12.4. The molecule has 0 aliphatic carbocycles. The van der Waals surface area contributed by atoms with Gasteiger partial charge >= 0.3 is 0 Å². The Labute approximate surface area is 159 Å². The van der Waals surface area contributed by atoms with E-state index >= 15 is 0 Å². The molecule has 0 atom stereocenters. The van der Waals surface area contributed by atoms with Gasteiger partial charge in [-0.05, 0) is 51.0 Å². The number of carbonyl (C=O) groups excluding carboxylic acids is 1. The molecule has 0 unspecified atom stereocenters. The van der Waals surface area contributed by atoms with Gasteiger partial charge in [-0.25, -0.2) is 13.1 Å². The summed E-state index contributed by atoms with van der Waals surface area (Å²) >= 11 is 0. The molecule has 0 spiro atoms. The minimum absolute atomic E-state index is 0.135. The van der Waals surface area contributed by atoms with Gasteiger partial charge in [0.2, 0.25) is 10.0 Å². The van der Waals surface area contributed by atoms with Gasteiger partial charge in [-0.15, -0.1) is 10.2 Å². The molecule has 1 amide bonds. The van der Waals surface area contributed by atoms with E-state index in [4.69, 9.17) is 0 Å². The Morgan fingerprint density at radius 1 is 1.15 bits per heavy atom. The van der Waals surface area contributed by atoms with Crippen molar-refractivity contribution in [3.8, 4) is 0 Å². The van der Waals surface area contributed by atoms with Crippen LogP contribution in [0.1, 0.15) is 55.1 Å². The van der Waals surface area contributed by atoms with Crippen LogP contribution in [0.25, 0.3) is 0 Å². The van der Waals surface area contributed by atoms with Crippen LogP contribution < -0.4 is 10.0 Å². The Bertz CT molecular complexity index is 904. The van der Waals surface area contributed by atoms with Crippen molar-refractivity contribution in [3.63, 3.8) is 0 Å². The summed E-state index contributed by atoms with van der Waals surface area (Å²) in [6.07, 6.45) is 4.30. The highest BCUT2D eigenvalue weighted by Crippen LogP contribution is 2.15. The third-order valence-electron chi connectivity index (χ3n) is 4.41. The lowest BCUT2D eigenvalue weighted by Crippen LogP contribution is -2.30. The van der Waals surface area contributed by atoms with E-state index in [-0.39, 0.29) is 16.8 Å². The number of aromatic nitrogens is 3. The van der Waals surface area contributed by atoms with Crippen molar-refractivity contribution < 1.29 is 13.2 Å². The topological polar surface area (TPSA) is 106 Å². The summed E-state index contributed by atoms with van der Waals surface area (Å²) in [7, 11) is -3.57. The van der Waals surface area contributed by atoms with Crippen molar-refractivity contribution in [2.24, 2.45) is 0 Å². The predicted molar refractivity (Wildman–Crippen MR) is 101 cm³/mol. The van der Waals surface area contributed by atoms with Crippen molar-refractivity contribution in [3.05, 3.63) is 41.5 Å². The first-order valence-corrected chi connectivity index (χ1v) is 10.7. The average Bonchev–Trinajstić information content (AvgIpc) is 2.85. The molecule has 8 nitrogen and oxygen atoms in total. The fraction of sp³-hybridized carbons (Fsp3) is 0.500. The molecular formula is C18H25N5O3S. The number of carbonyl (C=O) groups is 1. The fourth-order valence-corrected chi connectivity index (χ4v) is 4.35. The number of amides is 1. The largest absolute Gasteiger partial charge is 0.345 e. The molecule has 2 aromatic rings. The summed E-state index contributed by atoms with van der Waals surface area (Å²) in [6.45, 7) is 4.68. The highest BCUT2D eigenvalue weighted by atomic mass is 32.2. The SMILES string of the molecule is CC(C)NS(=O)(=O)c1ccc(C(=O)NCc2nnc3n2CCCCC3)cc1. The Kier molecular flexibility index (Phi) is 5.91. The van der Waals surface area contributed by atoms with Crippen molar-refractivity contribution in [1.29, 1.82) is 0 Å². The summed E-state index contributed by atoms with van der Waals surface area (Å²) < 4.78 is 28.9. The second-order valence-electron chi connectivity index (χ2n) is 6.98. The highest BCUT2D eigenvalue weighted by molar-refractivity contribution is 7.89. The first-order chi connectivity index (χ1) is 12.9. The molecular weight excluding hydrogens is 366 g/mol. The van der Waals surface area contributed by atoms with Gasteiger partial charge in [0.1, 0.15) is 5.82 Å². The second kappa shape index (κ2) is 8.18. The van der Waals surface area contributed by atoms with Crippen LogP contribution in [0.3, 0.4) is 0 Å². The Morgan fingerprint density at radius 2 is 1.89 bits per heavy atom. The number of nitrogens with one attached hydrogen (secondary N) is 2. The predicted octanol–water partition coefficient (Wildman–Crippen LogP) is 1.62. The van der Waals surface area contributed by atoms with Gasteiger partial charge in [0, 0.05) is 24.6 Å². The molecule has 0 radical (unpaired) electrons. The first-order valence-electron chi connectivity index (χ1n) is 9.18. The molecule has 2 N–H and O–H groups in total. The maximum atomic E-state index is 12.4. The maximum Gasteiger partial charge on any atom is 0.251 e. The van der Waals surface area contributed by atoms with E-state index in [0.29, 0.717) is 12.1 Å². The van der Waals surface area contributed by atoms with Crippen LogP contribution in [-0.4, -0.2) is 35.1 Å². The lowest BCUT2D eigenvalue weighted by Gasteiger charge is -2.10. The average molecular weight is 391 g/mol. The summed E-state index contributed by atoms with van der Waals surface area (Å²) in [6, 6.07) is 5.69. The van der Waals surface area contributed by atoms with Gasteiger partial charge in [0.05, 0.1) is 11.4 Å². The van der Waals surface area contributed by atoms with Crippen LogP contribution in [0, 0.1) is 0 Å². The number of sulfonamides is 1. The zero-order chi connectivity index (χ0) is 19.4. The molecule has 2 heterocycles. The molecule has 146 valence electrons. The van der Waals surface area contributed by atoms with E-state index in [1.165, 1.54) is 30.7 Å². The molecule has 0 fully saturated rings. The third-order valence-corrected chi connectivity index (χ3v) is 6.09. The summed E-state index contributed by atoms with van der Waals surface area (Å²) in [4.78, 5) is 12.5. The molecule has 3 rings (SSSR count). The van der Waals surface area contributed by atoms with E-state index in [0.717, 1.165) is 37.5 Å². The number of aryl methyl sites for hydroxylation is 1. The Balaban J connectivity index is 1.64. The second-order valence-corrected chi connectivity index (χ2v) is 8.69. The molecule has 0 saturated carbocycles. The minimum Gasteiger partial charge on any atom is -0.345 e. The number of hydrogen-bond acceptors (Lipinski definition) is 5. The summed E-state index contributed by atoms with van der Waals surface area (Å²) in [5, 5.41) is 11.2. The molecule has 1 aromatic carbocycles. The van der Waals surface area contributed by atoms with Crippen molar-refractivity contribution in [2.75, 3.05) is 0 Å². The number of benzene rings is 1. The van der Waals surface area contributed by atoms with Gasteiger partial charge in [-0.2, -0.15) is 0 Å². The van der Waals surface area contributed by atoms with Crippen LogP contribution in [0.15, 0.2) is 29.2 Å². The van der Waals surface area contributed by atoms with Crippen LogP contribution in [0.4, 0.5) is 0 Å². The van der Waals surface area contributed by atoms with Gasteiger partial charge in [0.25, 0.3) is 5.91 Å². The summed E-state index contributed by atoms with van der Waals surface area (Å²) in [5.41, 5.74) is 0.397. The molecule has 1 aliphatic rings. The van der Waals surface area contributed by atoms with Gasteiger partial charge in [-0.1, -0.05) is 6.42 Å². The van der Waals surface area contributed by atoms with Crippen molar-refractivity contribution in [2.45, 2.75) is 63.6 Å². The van der Waals surface area contributed by atoms with Crippen LogP contribution in [-0.2, 0) is 29.5 Å². The third kappa shape index (κ3) is 4.72. The molecule has 27 heavy (non-hydrogen) atoms. The van der Waals surface area contributed by atoms with Gasteiger partial charge in [-0.3, -0.25) is 4.79 Å². The van der Waals surface area contributed by atoms with Gasteiger partial charge < -0.3 is 9.88 Å². The number of fused-ring (bicyclic) bond motifs is 1. The Hall–Kier alpha value is -2.26. The molecule has 9 heteroatoms. The van der Waals surface area contributed by atoms with Crippen molar-refractivity contribution >= 4 is 15.9 Å². The lowest BCUT2D eigenvalue weighted by atomic mass is 10.2. The standard InChI is InChI=1S/C18H25N5O3S/c1-13(2)22-27(25,26)15-9-7-14(8-10-15)18(24)19-12-17-21-20-16-6-4-3-5-11-23(16)17/h7-10,13,22H,3-6,11-12H2,1-2H3,(H,19,24). The summed E-state index contributed by atoms with van der Waals surface area (Å²) in [5.74, 6) is 1.45. The normalized spacial score (nSPS) is 14.6. The van der Waals surface area contributed by atoms with Crippen molar-refractivity contribution in [1.82, 2.24) is 24.8 Å². The van der Waals surface area contributed by atoms with Crippen LogP contribution in [0.2, 0.25) is 0 Å². The molecule has 0 saturated heterocycles. The zero-order valence-corrected chi connectivity index (χ0v) is 16.4. The quantitative estimate of drug-likeness (QED) is 0.778. The molecule has 1 aromatic heterocycles. The molecule has 0 bridgehead atoms. The fourth-order valence-electron chi connectivity index (χ4n) is 3.10. The Morgan fingerprint density at radius 3 is 2.59 bits per heavy atom. The van der Waals surface area contributed by atoms with E-state index in [9.17, 15) is 13.2 Å². The van der Waals surface area contributed by atoms with E-state index in [1.54, 1.807) is 13.8 Å². The monoisotopic (exact) mass is 391 g/mol. The lowest BCUT2D eigenvalue weighted by molar-refractivity contribution is 0.0949. The molecule has 1 aliphatic heterocycles. The van der Waals surface area contributed by atoms with E-state index in [2.05, 4.69) is 24.8 Å². The van der Waals surface area contributed by atoms with Crippen LogP contribution in [0.5, 0.6) is 0 Å². The minimum atomic E-state index is -3.57. The highest BCUT2D eigenvalue weighted by Gasteiger charge is 2.17. The smallest absolute Gasteiger partial charge is 0.251 e. The first kappa shape index (κ1) is 19.5. The van der Waals surface area contributed by atoms with E-state index in [1.807, 2.05) is 0 Å². The van der Waals surface area contributed by atoms with Gasteiger partial charge in [0.15, 0.2) is 5.82 Å². The number of nitrogens with zero attached hydrogens (tertiary/aromatic N) is 3. The van der Waals surface area contributed by atoms with Crippen LogP contribution >= 0.6 is 0 Å². The number of rotatable bonds is 6. The zero-order valence-electron chi connectivity index (χ0n) is 15.6. The number of hydrogen-bond donors (Lipinski definition) is 2. The van der Waals surface area contributed by atoms with E-state index < -0.39 is 10.0 Å².